The van der Waals surface area contributed by atoms with Crippen LogP contribution >= 0.6 is 0 Å². The van der Waals surface area contributed by atoms with Crippen molar-refractivity contribution in [2.75, 3.05) is 0 Å². The van der Waals surface area contributed by atoms with Gasteiger partial charge in [0.1, 0.15) is 36.3 Å². The number of ether oxygens (including phenoxy) is 2. The maximum Gasteiger partial charge on any atom is 0.310 e. The Labute approximate surface area is 78.4 Å². The van der Waals surface area contributed by atoms with E-state index in [1.807, 2.05) is 0 Å². The Morgan fingerprint density at radius 3 is 1.50 bits per heavy atom. The molecule has 2 bridgehead atoms. The van der Waals surface area contributed by atoms with Gasteiger partial charge in [0.25, 0.3) is 0 Å². The van der Waals surface area contributed by atoms with E-state index in [4.69, 9.17) is 19.7 Å². The summed E-state index contributed by atoms with van der Waals surface area (Å²) in [5, 5.41) is 17.8. The zero-order chi connectivity index (χ0) is 10.0. The number of hydrogen-bond donors (Lipinski definition) is 2. The quantitative estimate of drug-likeness (QED) is 0.551. The lowest BCUT2D eigenvalue weighted by atomic mass is 9.79. The molecule has 6 atom stereocenters. The number of aliphatic carboxylic acids is 2. The van der Waals surface area contributed by atoms with Crippen molar-refractivity contribution in [3.63, 3.8) is 0 Å². The van der Waals surface area contributed by atoms with Crippen molar-refractivity contribution in [3.05, 3.63) is 0 Å². The van der Waals surface area contributed by atoms with Crippen molar-refractivity contribution in [2.45, 2.75) is 24.4 Å². The van der Waals surface area contributed by atoms with Gasteiger partial charge < -0.3 is 19.7 Å². The number of carbonyl (C=O) groups is 2. The van der Waals surface area contributed by atoms with Crippen molar-refractivity contribution in [3.8, 4) is 0 Å². The highest BCUT2D eigenvalue weighted by Crippen LogP contribution is 2.53. The van der Waals surface area contributed by atoms with Crippen molar-refractivity contribution in [1.29, 1.82) is 0 Å². The fourth-order valence-electron chi connectivity index (χ4n) is 2.58. The molecule has 6 unspecified atom stereocenters. The maximum absolute atomic E-state index is 10.9. The van der Waals surface area contributed by atoms with E-state index in [1.54, 1.807) is 0 Å². The zero-order valence-electron chi connectivity index (χ0n) is 6.99. The first-order valence-electron chi connectivity index (χ1n) is 4.38. The van der Waals surface area contributed by atoms with Gasteiger partial charge >= 0.3 is 11.9 Å². The lowest BCUT2D eigenvalue weighted by molar-refractivity contribution is -0.153. The molecule has 6 nitrogen and oxygen atoms in total. The standard InChI is InChI=1S/C8H8O6/c9-7(10)1-2(8(11)12)4-6-5(14-6)3(1)13-4/h1-6H,(H,9,10)(H,11,12). The highest BCUT2D eigenvalue weighted by Gasteiger charge is 2.72. The molecule has 0 saturated carbocycles. The summed E-state index contributed by atoms with van der Waals surface area (Å²) < 4.78 is 10.4. The molecule has 3 fully saturated rings. The van der Waals surface area contributed by atoms with Gasteiger partial charge in [-0.2, -0.15) is 0 Å². The van der Waals surface area contributed by atoms with Crippen LogP contribution in [0.15, 0.2) is 0 Å². The van der Waals surface area contributed by atoms with Gasteiger partial charge in [0.2, 0.25) is 0 Å². The minimum atomic E-state index is -1.11. The molecule has 0 aromatic rings. The third kappa shape index (κ3) is 0.777. The van der Waals surface area contributed by atoms with Crippen LogP contribution in [0.4, 0.5) is 0 Å². The lowest BCUT2D eigenvalue weighted by Crippen LogP contribution is -2.41. The summed E-state index contributed by atoms with van der Waals surface area (Å²) in [5.41, 5.74) is 0. The highest BCUT2D eigenvalue weighted by molar-refractivity contribution is 5.82. The third-order valence-electron chi connectivity index (χ3n) is 3.19. The summed E-state index contributed by atoms with van der Waals surface area (Å²) in [6.45, 7) is 0. The van der Waals surface area contributed by atoms with Crippen LogP contribution in [0.3, 0.4) is 0 Å². The van der Waals surface area contributed by atoms with Crippen LogP contribution in [0.1, 0.15) is 0 Å². The monoisotopic (exact) mass is 200 g/mol. The minimum Gasteiger partial charge on any atom is -0.481 e. The Morgan fingerprint density at radius 2 is 1.14 bits per heavy atom. The van der Waals surface area contributed by atoms with E-state index >= 15 is 0 Å². The molecule has 2 N–H and O–H groups in total. The largest absolute Gasteiger partial charge is 0.481 e. The van der Waals surface area contributed by atoms with E-state index in [9.17, 15) is 9.59 Å². The fourth-order valence-corrected chi connectivity index (χ4v) is 2.58. The smallest absolute Gasteiger partial charge is 0.310 e. The lowest BCUT2D eigenvalue weighted by Gasteiger charge is -2.17. The molecule has 0 aromatic carbocycles. The first-order chi connectivity index (χ1) is 6.61. The number of rotatable bonds is 2. The fraction of sp³-hybridized carbons (Fsp3) is 0.750. The summed E-state index contributed by atoms with van der Waals surface area (Å²) in [6.07, 6.45) is -1.50. The summed E-state index contributed by atoms with van der Waals surface area (Å²) in [6, 6.07) is 0. The van der Waals surface area contributed by atoms with Gasteiger partial charge in [0, 0.05) is 0 Å². The second-order valence-electron chi connectivity index (χ2n) is 3.86. The highest BCUT2D eigenvalue weighted by atomic mass is 16.7. The maximum atomic E-state index is 10.9. The van der Waals surface area contributed by atoms with E-state index in [1.165, 1.54) is 0 Å². The van der Waals surface area contributed by atoms with Crippen LogP contribution in [0.25, 0.3) is 0 Å². The Kier molecular flexibility index (Phi) is 1.32. The third-order valence-corrected chi connectivity index (χ3v) is 3.19. The number of epoxide rings is 1. The molecular formula is C8H8O6. The molecule has 3 aliphatic rings. The number of carboxylic acid groups (broad SMARTS) is 2. The zero-order valence-corrected chi connectivity index (χ0v) is 6.99. The second kappa shape index (κ2) is 2.26. The Balaban J connectivity index is 1.95. The molecule has 0 amide bonds. The SMILES string of the molecule is O=C(O)C1C2OC(C3OC32)C1C(=O)O. The average molecular weight is 200 g/mol. The average Bonchev–Trinajstić information content (AvgIpc) is 2.71. The molecule has 0 aromatic heterocycles. The number of carboxylic acids is 2. The number of hydrogen-bond acceptors (Lipinski definition) is 4. The number of fused-ring (bicyclic) bond motifs is 5. The van der Waals surface area contributed by atoms with Crippen LogP contribution in [0.2, 0.25) is 0 Å². The van der Waals surface area contributed by atoms with Crippen molar-refractivity contribution < 1.29 is 29.3 Å². The van der Waals surface area contributed by atoms with E-state index < -0.39 is 36.0 Å². The van der Waals surface area contributed by atoms with Gasteiger partial charge in [0.05, 0.1) is 0 Å². The Morgan fingerprint density at radius 1 is 0.786 bits per heavy atom. The molecule has 3 aliphatic heterocycles. The van der Waals surface area contributed by atoms with Crippen LogP contribution in [-0.2, 0) is 19.1 Å². The van der Waals surface area contributed by atoms with Gasteiger partial charge in [-0.3, -0.25) is 9.59 Å². The molecule has 6 heteroatoms. The van der Waals surface area contributed by atoms with Crippen molar-refractivity contribution in [1.82, 2.24) is 0 Å². The van der Waals surface area contributed by atoms with Gasteiger partial charge in [-0.1, -0.05) is 0 Å². The van der Waals surface area contributed by atoms with Crippen molar-refractivity contribution >= 4 is 11.9 Å². The summed E-state index contributed by atoms with van der Waals surface area (Å²) in [7, 11) is 0. The molecular weight excluding hydrogens is 192 g/mol. The minimum absolute atomic E-state index is 0.184. The summed E-state index contributed by atoms with van der Waals surface area (Å²) in [5.74, 6) is -4.14. The van der Waals surface area contributed by atoms with Crippen LogP contribution < -0.4 is 0 Å². The second-order valence-corrected chi connectivity index (χ2v) is 3.86. The molecule has 0 spiro atoms. The summed E-state index contributed by atoms with van der Waals surface area (Å²) >= 11 is 0. The van der Waals surface area contributed by atoms with Crippen LogP contribution in [0, 0.1) is 11.8 Å². The van der Waals surface area contributed by atoms with E-state index in [0.717, 1.165) is 0 Å². The molecule has 3 saturated heterocycles. The van der Waals surface area contributed by atoms with Crippen molar-refractivity contribution in [2.24, 2.45) is 11.8 Å². The van der Waals surface area contributed by atoms with Gasteiger partial charge in [0.15, 0.2) is 0 Å². The van der Waals surface area contributed by atoms with E-state index in [-0.39, 0.29) is 12.2 Å². The van der Waals surface area contributed by atoms with E-state index in [2.05, 4.69) is 0 Å². The molecule has 0 radical (unpaired) electrons. The predicted octanol–water partition coefficient (Wildman–Crippen LogP) is -1.06. The van der Waals surface area contributed by atoms with Gasteiger partial charge in [-0.25, -0.2) is 0 Å². The van der Waals surface area contributed by atoms with Crippen LogP contribution in [-0.4, -0.2) is 46.6 Å². The molecule has 14 heavy (non-hydrogen) atoms. The molecule has 3 rings (SSSR count). The Bertz CT molecular complexity index is 296. The predicted molar refractivity (Wildman–Crippen MR) is 39.6 cm³/mol. The van der Waals surface area contributed by atoms with E-state index in [0.29, 0.717) is 0 Å². The molecule has 76 valence electrons. The first-order valence-corrected chi connectivity index (χ1v) is 4.38. The molecule has 3 heterocycles. The van der Waals surface area contributed by atoms with Crippen LogP contribution in [0.5, 0.6) is 0 Å². The normalized spacial score (nSPS) is 52.9. The van der Waals surface area contributed by atoms with Gasteiger partial charge in [-0.15, -0.1) is 0 Å². The molecule has 0 aliphatic carbocycles. The first kappa shape index (κ1) is 8.19. The Hall–Kier alpha value is -1.14. The topological polar surface area (TPSA) is 96.4 Å². The summed E-state index contributed by atoms with van der Waals surface area (Å²) in [4.78, 5) is 21.7. The van der Waals surface area contributed by atoms with Gasteiger partial charge in [-0.05, 0) is 0 Å².